The molecule has 17 nitrogen and oxygen atoms in total. The van der Waals surface area contributed by atoms with Crippen LogP contribution in [-0.4, -0.2) is 96.7 Å². The predicted octanol–water partition coefficient (Wildman–Crippen LogP) is 23.1. The Morgan fingerprint density at radius 2 is 0.526 bits per heavy atom. The molecule has 6 atom stereocenters. The van der Waals surface area contributed by atoms with Crippen LogP contribution < -0.4 is 0 Å². The van der Waals surface area contributed by atoms with Gasteiger partial charge in [0.15, 0.2) is 12.2 Å². The van der Waals surface area contributed by atoms with Crippen LogP contribution in [0.5, 0.6) is 0 Å². The number of unbranched alkanes of at least 4 members (excludes halogenated alkanes) is 46. The summed E-state index contributed by atoms with van der Waals surface area (Å²) in [5.41, 5.74) is 0. The van der Waals surface area contributed by atoms with E-state index >= 15 is 0 Å². The van der Waals surface area contributed by atoms with E-state index < -0.39 is 97.5 Å². The molecule has 0 heterocycles. The van der Waals surface area contributed by atoms with Crippen LogP contribution in [0.3, 0.4) is 0 Å². The first-order valence-corrected chi connectivity index (χ1v) is 43.5. The highest BCUT2D eigenvalue weighted by Crippen LogP contribution is 2.45. The van der Waals surface area contributed by atoms with Crippen LogP contribution in [0.1, 0.15) is 408 Å². The molecule has 0 spiro atoms. The normalized spacial score (nSPS) is 14.2. The first-order valence-electron chi connectivity index (χ1n) is 40.5. The quantitative estimate of drug-likeness (QED) is 0.0222. The van der Waals surface area contributed by atoms with Gasteiger partial charge in [0.05, 0.1) is 26.4 Å². The number of phosphoric ester groups is 2. The van der Waals surface area contributed by atoms with Crippen molar-refractivity contribution < 1.29 is 80.2 Å². The van der Waals surface area contributed by atoms with Crippen LogP contribution in [-0.2, 0) is 65.4 Å². The molecule has 3 unspecified atom stereocenters. The zero-order valence-electron chi connectivity index (χ0n) is 63.4. The highest BCUT2D eigenvalue weighted by Gasteiger charge is 2.30. The first-order chi connectivity index (χ1) is 46.9. The fourth-order valence-corrected chi connectivity index (χ4v) is 13.6. The van der Waals surface area contributed by atoms with Gasteiger partial charge in [0, 0.05) is 25.7 Å². The summed E-state index contributed by atoms with van der Waals surface area (Å²) in [7, 11) is -9.92. The average molecular weight is 1420 g/mol. The summed E-state index contributed by atoms with van der Waals surface area (Å²) in [6, 6.07) is 0. The Labute approximate surface area is 594 Å². The lowest BCUT2D eigenvalue weighted by molar-refractivity contribution is -0.161. The Morgan fingerprint density at radius 1 is 0.299 bits per heavy atom. The number of hydrogen-bond donors (Lipinski definition) is 3. The lowest BCUT2D eigenvalue weighted by atomic mass is 9.99. The topological polar surface area (TPSA) is 237 Å². The predicted molar refractivity (Wildman–Crippen MR) is 395 cm³/mol. The molecule has 0 aliphatic carbocycles. The van der Waals surface area contributed by atoms with Crippen LogP contribution in [0.15, 0.2) is 0 Å². The number of carbonyl (C=O) groups excluding carboxylic acids is 4. The molecular weight excluding hydrogens is 1270 g/mol. The Bertz CT molecular complexity index is 1870. The maximum Gasteiger partial charge on any atom is 0.472 e. The molecule has 0 radical (unpaired) electrons. The first kappa shape index (κ1) is 95.1. The number of aliphatic hydroxyl groups excluding tert-OH is 1. The molecule has 3 N–H and O–H groups in total. The van der Waals surface area contributed by atoms with Crippen LogP contribution in [0.2, 0.25) is 0 Å². The Kier molecular flexibility index (Phi) is 68.4. The number of phosphoric acid groups is 2. The Hall–Kier alpha value is -1.94. The van der Waals surface area contributed by atoms with Crippen molar-refractivity contribution in [2.75, 3.05) is 39.6 Å². The standard InChI is InChI=1S/C78H152O17P2/c1-7-10-12-14-16-18-20-22-24-25-26-27-29-31-36-44-50-56-62-77(82)94-73(66-88-75(80)60-54-48-42-35-30-28-23-21-19-17-15-13-11-8-2)68-92-96(84,85)90-64-72(79)65-91-97(86,87)93-69-74(67-89-76(81)61-55-49-43-39-38-41-47-53-59-71(6)9-3)95-78(83)63-57-51-45-37-33-32-34-40-46-52-58-70(4)5/h70-74,79H,7-69H2,1-6H3,(H,84,85)(H,86,87)/t71?,72-,73-,74-/m1/s1. The van der Waals surface area contributed by atoms with E-state index in [1.165, 1.54) is 225 Å². The van der Waals surface area contributed by atoms with Gasteiger partial charge in [0.1, 0.15) is 19.3 Å². The van der Waals surface area contributed by atoms with Crippen LogP contribution in [0, 0.1) is 11.8 Å². The van der Waals surface area contributed by atoms with Gasteiger partial charge in [-0.25, -0.2) is 9.13 Å². The van der Waals surface area contributed by atoms with Gasteiger partial charge in [-0.2, -0.15) is 0 Å². The van der Waals surface area contributed by atoms with Crippen molar-refractivity contribution in [3.63, 3.8) is 0 Å². The fraction of sp³-hybridized carbons (Fsp3) is 0.949. The van der Waals surface area contributed by atoms with Gasteiger partial charge in [0.25, 0.3) is 0 Å². The number of aliphatic hydroxyl groups is 1. The Balaban J connectivity index is 5.26. The minimum atomic E-state index is -4.96. The summed E-state index contributed by atoms with van der Waals surface area (Å²) < 4.78 is 68.6. The molecule has 576 valence electrons. The van der Waals surface area contributed by atoms with Crippen molar-refractivity contribution in [2.24, 2.45) is 11.8 Å². The molecule has 97 heavy (non-hydrogen) atoms. The van der Waals surface area contributed by atoms with Gasteiger partial charge in [-0.3, -0.25) is 37.3 Å². The van der Waals surface area contributed by atoms with E-state index in [9.17, 15) is 43.2 Å². The van der Waals surface area contributed by atoms with E-state index in [2.05, 4.69) is 41.5 Å². The highest BCUT2D eigenvalue weighted by molar-refractivity contribution is 7.47. The third kappa shape index (κ3) is 70.9. The molecule has 0 saturated carbocycles. The third-order valence-electron chi connectivity index (χ3n) is 18.6. The summed E-state index contributed by atoms with van der Waals surface area (Å²) >= 11 is 0. The summed E-state index contributed by atoms with van der Waals surface area (Å²) in [6.45, 7) is 9.61. The molecule has 0 saturated heterocycles. The van der Waals surface area contributed by atoms with E-state index in [4.69, 9.17) is 37.0 Å². The summed E-state index contributed by atoms with van der Waals surface area (Å²) in [6.07, 6.45) is 58.1. The van der Waals surface area contributed by atoms with Crippen LogP contribution >= 0.6 is 15.6 Å². The van der Waals surface area contributed by atoms with Gasteiger partial charge in [-0.05, 0) is 37.5 Å². The van der Waals surface area contributed by atoms with Gasteiger partial charge >= 0.3 is 39.5 Å². The molecule has 0 amide bonds. The third-order valence-corrected chi connectivity index (χ3v) is 20.5. The number of hydrogen-bond acceptors (Lipinski definition) is 15. The summed E-state index contributed by atoms with van der Waals surface area (Å²) in [4.78, 5) is 72.9. The number of esters is 4. The number of ether oxygens (including phenoxy) is 4. The SMILES string of the molecule is CCCCCCCCCCCCCCCCCCCCC(=O)O[C@H](COC(=O)CCCCCCCCCCCCCCCC)COP(=O)(O)OC[C@@H](O)COP(=O)(O)OC[C@@H](COC(=O)CCCCCCCCCCC(C)CC)OC(=O)CCCCCCCCCCCCC(C)C. The summed E-state index contributed by atoms with van der Waals surface area (Å²) in [5, 5.41) is 10.6. The zero-order valence-corrected chi connectivity index (χ0v) is 65.2. The average Bonchev–Trinajstić information content (AvgIpc) is 1.40. The van der Waals surface area contributed by atoms with Gasteiger partial charge in [0.2, 0.25) is 0 Å². The minimum absolute atomic E-state index is 0.106. The molecule has 0 aliphatic rings. The van der Waals surface area contributed by atoms with E-state index in [1.807, 2.05) is 0 Å². The van der Waals surface area contributed by atoms with Crippen molar-refractivity contribution >= 4 is 39.5 Å². The molecule has 0 aromatic heterocycles. The maximum atomic E-state index is 13.1. The minimum Gasteiger partial charge on any atom is -0.462 e. The van der Waals surface area contributed by atoms with Gasteiger partial charge < -0.3 is 33.8 Å². The zero-order chi connectivity index (χ0) is 71.4. The second kappa shape index (κ2) is 69.8. The van der Waals surface area contributed by atoms with Crippen molar-refractivity contribution in [2.45, 2.75) is 426 Å². The Morgan fingerprint density at radius 3 is 0.784 bits per heavy atom. The van der Waals surface area contributed by atoms with Crippen LogP contribution in [0.25, 0.3) is 0 Å². The lowest BCUT2D eigenvalue weighted by Gasteiger charge is -2.21. The molecule has 0 rings (SSSR count). The smallest absolute Gasteiger partial charge is 0.462 e. The monoisotopic (exact) mass is 1420 g/mol. The molecular formula is C78H152O17P2. The van der Waals surface area contributed by atoms with Gasteiger partial charge in [-0.1, -0.05) is 356 Å². The fourth-order valence-electron chi connectivity index (χ4n) is 12.0. The van der Waals surface area contributed by atoms with Crippen molar-refractivity contribution in [3.05, 3.63) is 0 Å². The molecule has 0 aromatic rings. The lowest BCUT2D eigenvalue weighted by Crippen LogP contribution is -2.30. The van der Waals surface area contributed by atoms with Crippen molar-refractivity contribution in [1.82, 2.24) is 0 Å². The van der Waals surface area contributed by atoms with Crippen molar-refractivity contribution in [1.29, 1.82) is 0 Å². The summed E-state index contributed by atoms with van der Waals surface area (Å²) in [5.74, 6) is -0.582. The molecule has 0 aliphatic heterocycles. The van der Waals surface area contributed by atoms with E-state index in [0.29, 0.717) is 25.7 Å². The van der Waals surface area contributed by atoms with Gasteiger partial charge in [-0.15, -0.1) is 0 Å². The highest BCUT2D eigenvalue weighted by atomic mass is 31.2. The second-order valence-electron chi connectivity index (χ2n) is 28.8. The molecule has 0 aromatic carbocycles. The maximum absolute atomic E-state index is 13.1. The molecule has 0 fully saturated rings. The molecule has 0 bridgehead atoms. The van der Waals surface area contributed by atoms with E-state index in [-0.39, 0.29) is 25.7 Å². The molecule has 19 heteroatoms. The van der Waals surface area contributed by atoms with E-state index in [1.54, 1.807) is 0 Å². The van der Waals surface area contributed by atoms with Crippen LogP contribution in [0.4, 0.5) is 0 Å². The van der Waals surface area contributed by atoms with Crippen molar-refractivity contribution in [3.8, 4) is 0 Å². The largest absolute Gasteiger partial charge is 0.472 e. The second-order valence-corrected chi connectivity index (χ2v) is 31.7. The van der Waals surface area contributed by atoms with E-state index in [0.717, 1.165) is 102 Å². The number of carbonyl (C=O) groups is 4. The number of rotatable bonds is 77.